The van der Waals surface area contributed by atoms with Crippen LogP contribution in [-0.4, -0.2) is 36.2 Å². The molecule has 3 rings (SSSR count). The van der Waals surface area contributed by atoms with E-state index >= 15 is 0 Å². The third-order valence-electron chi connectivity index (χ3n) is 4.72. The standard InChI is InChI=1S/C22H20Cl2F2N2O5/c1-11(4-5-27-21(30)10-32-12-2-3-14(23)15(24)6-12)28-22(31)20-9-18(29)13-7-16(25)17(26)8-19(13)33-20/h2-3,6-8,18,20,29H,1,4-5,9-10H2,(H,27,30)(H,28,31)/t18-,20-/m1/s1. The molecule has 0 spiro atoms. The third-order valence-corrected chi connectivity index (χ3v) is 5.46. The lowest BCUT2D eigenvalue weighted by atomic mass is 9.98. The topological polar surface area (TPSA) is 96.9 Å². The molecule has 3 N–H and O–H groups in total. The van der Waals surface area contributed by atoms with Gasteiger partial charge in [-0.3, -0.25) is 9.59 Å². The largest absolute Gasteiger partial charge is 0.484 e. The number of carbonyl (C=O) groups excluding carboxylic acids is 2. The van der Waals surface area contributed by atoms with Gasteiger partial charge >= 0.3 is 0 Å². The zero-order valence-electron chi connectivity index (χ0n) is 17.2. The van der Waals surface area contributed by atoms with Crippen LogP contribution in [0.15, 0.2) is 42.6 Å². The van der Waals surface area contributed by atoms with Crippen LogP contribution in [0.3, 0.4) is 0 Å². The Morgan fingerprint density at radius 1 is 1.18 bits per heavy atom. The number of benzene rings is 2. The maximum absolute atomic E-state index is 13.5. The lowest BCUT2D eigenvalue weighted by Crippen LogP contribution is -2.41. The first-order chi connectivity index (χ1) is 15.6. The average molecular weight is 501 g/mol. The molecule has 2 aromatic carbocycles. The highest BCUT2D eigenvalue weighted by Gasteiger charge is 2.33. The number of amides is 2. The number of halogens is 4. The number of hydrogen-bond acceptors (Lipinski definition) is 5. The zero-order valence-corrected chi connectivity index (χ0v) is 18.7. The van der Waals surface area contributed by atoms with Gasteiger partial charge in [0, 0.05) is 42.8 Å². The fraction of sp³-hybridized carbons (Fsp3) is 0.273. The second-order valence-corrected chi connectivity index (χ2v) is 8.03. The molecule has 0 fully saturated rings. The summed E-state index contributed by atoms with van der Waals surface area (Å²) >= 11 is 11.7. The number of ether oxygens (including phenoxy) is 2. The summed E-state index contributed by atoms with van der Waals surface area (Å²) in [6.45, 7) is 3.64. The van der Waals surface area contributed by atoms with E-state index in [4.69, 9.17) is 32.7 Å². The fourth-order valence-electron chi connectivity index (χ4n) is 3.03. The highest BCUT2D eigenvalue weighted by Crippen LogP contribution is 2.36. The maximum Gasteiger partial charge on any atom is 0.265 e. The molecule has 0 bridgehead atoms. The number of nitrogens with one attached hydrogen (secondary N) is 2. The SMILES string of the molecule is C=C(CCNC(=O)COc1ccc(Cl)c(Cl)c1)NC(=O)[C@H]1C[C@@H](O)c2cc(F)c(F)cc2O1. The molecule has 2 aromatic rings. The normalized spacial score (nSPS) is 16.9. The van der Waals surface area contributed by atoms with Gasteiger partial charge in [-0.2, -0.15) is 0 Å². The second kappa shape index (κ2) is 10.8. The first kappa shape index (κ1) is 24.8. The molecular formula is C22H20Cl2F2N2O5. The first-order valence-electron chi connectivity index (χ1n) is 9.81. The van der Waals surface area contributed by atoms with Crippen molar-refractivity contribution in [2.24, 2.45) is 0 Å². The van der Waals surface area contributed by atoms with Crippen molar-refractivity contribution in [2.75, 3.05) is 13.2 Å². The quantitative estimate of drug-likeness (QED) is 0.513. The Morgan fingerprint density at radius 2 is 1.91 bits per heavy atom. The van der Waals surface area contributed by atoms with Crippen LogP contribution in [0.2, 0.25) is 10.0 Å². The van der Waals surface area contributed by atoms with Crippen molar-refractivity contribution >= 4 is 35.0 Å². The van der Waals surface area contributed by atoms with Gasteiger partial charge in [0.1, 0.15) is 11.5 Å². The third kappa shape index (κ3) is 6.56. The van der Waals surface area contributed by atoms with E-state index in [0.29, 0.717) is 21.5 Å². The highest BCUT2D eigenvalue weighted by atomic mass is 35.5. The minimum Gasteiger partial charge on any atom is -0.484 e. The minimum atomic E-state index is -1.19. The predicted octanol–water partition coefficient (Wildman–Crippen LogP) is 3.67. The predicted molar refractivity (Wildman–Crippen MR) is 117 cm³/mol. The number of fused-ring (bicyclic) bond motifs is 1. The Kier molecular flexibility index (Phi) is 8.12. The molecule has 0 unspecified atom stereocenters. The van der Waals surface area contributed by atoms with Crippen LogP contribution in [0.1, 0.15) is 24.5 Å². The van der Waals surface area contributed by atoms with E-state index in [2.05, 4.69) is 17.2 Å². The molecule has 0 aromatic heterocycles. The van der Waals surface area contributed by atoms with Gasteiger partial charge < -0.3 is 25.2 Å². The van der Waals surface area contributed by atoms with Gasteiger partial charge in [0.15, 0.2) is 24.3 Å². The Hall–Kier alpha value is -2.88. The van der Waals surface area contributed by atoms with Crippen LogP contribution in [0, 0.1) is 11.6 Å². The Morgan fingerprint density at radius 3 is 2.64 bits per heavy atom. The summed E-state index contributed by atoms with van der Waals surface area (Å²) in [6, 6.07) is 6.24. The van der Waals surface area contributed by atoms with Crippen LogP contribution >= 0.6 is 23.2 Å². The Labute approximate surface area is 198 Å². The number of aliphatic hydroxyl groups is 1. The van der Waals surface area contributed by atoms with Gasteiger partial charge in [-0.25, -0.2) is 8.78 Å². The van der Waals surface area contributed by atoms with Crippen LogP contribution < -0.4 is 20.1 Å². The van der Waals surface area contributed by atoms with Crippen molar-refractivity contribution in [1.82, 2.24) is 10.6 Å². The Bertz CT molecular complexity index is 1080. The Balaban J connectivity index is 1.41. The molecule has 0 radical (unpaired) electrons. The second-order valence-electron chi connectivity index (χ2n) is 7.22. The van der Waals surface area contributed by atoms with E-state index < -0.39 is 35.7 Å². The zero-order chi connectivity index (χ0) is 24.1. The van der Waals surface area contributed by atoms with E-state index in [0.717, 1.165) is 12.1 Å². The molecule has 1 aliphatic heterocycles. The van der Waals surface area contributed by atoms with Gasteiger partial charge in [-0.05, 0) is 18.2 Å². The molecule has 0 saturated carbocycles. The van der Waals surface area contributed by atoms with E-state index in [1.165, 1.54) is 6.07 Å². The summed E-state index contributed by atoms with van der Waals surface area (Å²) in [4.78, 5) is 24.3. The van der Waals surface area contributed by atoms with Gasteiger partial charge in [-0.1, -0.05) is 29.8 Å². The molecule has 11 heteroatoms. The fourth-order valence-corrected chi connectivity index (χ4v) is 3.32. The van der Waals surface area contributed by atoms with Crippen LogP contribution in [0.5, 0.6) is 11.5 Å². The van der Waals surface area contributed by atoms with Crippen molar-refractivity contribution in [2.45, 2.75) is 25.0 Å². The van der Waals surface area contributed by atoms with E-state index in [-0.39, 0.29) is 37.3 Å². The molecule has 2 amide bonds. The monoisotopic (exact) mass is 500 g/mol. The lowest BCUT2D eigenvalue weighted by molar-refractivity contribution is -0.129. The van der Waals surface area contributed by atoms with Gasteiger partial charge in [0.05, 0.1) is 16.1 Å². The first-order valence-corrected chi connectivity index (χ1v) is 10.6. The van der Waals surface area contributed by atoms with Crippen LogP contribution in [-0.2, 0) is 9.59 Å². The van der Waals surface area contributed by atoms with Gasteiger partial charge in [0.2, 0.25) is 0 Å². The van der Waals surface area contributed by atoms with Crippen molar-refractivity contribution in [3.8, 4) is 11.5 Å². The molecule has 1 heterocycles. The lowest BCUT2D eigenvalue weighted by Gasteiger charge is -2.29. The minimum absolute atomic E-state index is 0.0718. The van der Waals surface area contributed by atoms with Gasteiger partial charge in [-0.15, -0.1) is 0 Å². The number of aliphatic hydroxyl groups excluding tert-OH is 1. The van der Waals surface area contributed by atoms with Crippen LogP contribution in [0.4, 0.5) is 8.78 Å². The molecule has 176 valence electrons. The molecule has 0 aliphatic carbocycles. The number of rotatable bonds is 8. The number of carbonyl (C=O) groups is 2. The summed E-state index contributed by atoms with van der Waals surface area (Å²) in [7, 11) is 0. The van der Waals surface area contributed by atoms with E-state index in [1.807, 2.05) is 0 Å². The van der Waals surface area contributed by atoms with Crippen LogP contribution in [0.25, 0.3) is 0 Å². The molecular weight excluding hydrogens is 481 g/mol. The molecule has 7 nitrogen and oxygen atoms in total. The summed E-state index contributed by atoms with van der Waals surface area (Å²) in [5, 5.41) is 16.0. The highest BCUT2D eigenvalue weighted by molar-refractivity contribution is 6.42. The average Bonchev–Trinajstić information content (AvgIpc) is 2.75. The van der Waals surface area contributed by atoms with E-state index in [1.54, 1.807) is 12.1 Å². The summed E-state index contributed by atoms with van der Waals surface area (Å²) in [6.07, 6.45) is -2.23. The summed E-state index contributed by atoms with van der Waals surface area (Å²) in [5.41, 5.74) is 0.363. The number of hydrogen-bond donors (Lipinski definition) is 3. The smallest absolute Gasteiger partial charge is 0.265 e. The molecule has 0 saturated heterocycles. The van der Waals surface area contributed by atoms with Crippen molar-refractivity contribution in [3.05, 3.63) is 69.9 Å². The molecule has 33 heavy (non-hydrogen) atoms. The maximum atomic E-state index is 13.5. The van der Waals surface area contributed by atoms with Gasteiger partial charge in [0.25, 0.3) is 11.8 Å². The van der Waals surface area contributed by atoms with Crippen molar-refractivity contribution in [1.29, 1.82) is 0 Å². The molecule has 1 aliphatic rings. The summed E-state index contributed by atoms with van der Waals surface area (Å²) in [5.74, 6) is -2.99. The van der Waals surface area contributed by atoms with Crippen molar-refractivity contribution in [3.63, 3.8) is 0 Å². The molecule has 2 atom stereocenters. The van der Waals surface area contributed by atoms with Crippen molar-refractivity contribution < 1.29 is 33.0 Å². The summed E-state index contributed by atoms with van der Waals surface area (Å²) < 4.78 is 37.6. The van der Waals surface area contributed by atoms with E-state index in [9.17, 15) is 23.5 Å².